The Morgan fingerprint density at radius 1 is 0.957 bits per heavy atom. The summed E-state index contributed by atoms with van der Waals surface area (Å²) in [5.41, 5.74) is 2.04. The summed E-state index contributed by atoms with van der Waals surface area (Å²) in [5, 5.41) is 0. The van der Waals surface area contributed by atoms with Gasteiger partial charge in [-0.15, -0.1) is 0 Å². The third kappa shape index (κ3) is 4.39. The van der Waals surface area contributed by atoms with Crippen molar-refractivity contribution in [3.05, 3.63) is 65.0 Å². The second kappa shape index (κ2) is 8.08. The summed E-state index contributed by atoms with van der Waals surface area (Å²) in [4.78, 5) is 28.2. The number of ether oxygens (including phenoxy) is 2. The topological polar surface area (TPSA) is 65.5 Å². The van der Waals surface area contributed by atoms with E-state index in [2.05, 4.69) is 4.98 Å². The molecule has 2 aromatic rings. The minimum atomic E-state index is -0.623. The Morgan fingerprint density at radius 2 is 1.61 bits per heavy atom. The second-order valence-electron chi connectivity index (χ2n) is 4.84. The summed E-state index contributed by atoms with van der Waals surface area (Å²) in [6.45, 7) is 3.85. The lowest BCUT2D eigenvalue weighted by molar-refractivity contribution is 0.0473. The maximum Gasteiger partial charge on any atom is 0.357 e. The van der Waals surface area contributed by atoms with Crippen molar-refractivity contribution in [3.63, 3.8) is 0 Å². The van der Waals surface area contributed by atoms with Crippen LogP contribution in [-0.4, -0.2) is 30.1 Å². The van der Waals surface area contributed by atoms with E-state index in [1.807, 2.05) is 30.3 Å². The molecular formula is C18H19NO4. The van der Waals surface area contributed by atoms with Crippen LogP contribution in [-0.2, 0) is 15.9 Å². The first kappa shape index (κ1) is 16.7. The van der Waals surface area contributed by atoms with Crippen LogP contribution in [0.1, 0.15) is 45.8 Å². The van der Waals surface area contributed by atoms with Gasteiger partial charge in [0, 0.05) is 6.20 Å². The first-order valence-corrected chi connectivity index (χ1v) is 7.52. The highest BCUT2D eigenvalue weighted by Gasteiger charge is 2.21. The summed E-state index contributed by atoms with van der Waals surface area (Å²) in [5.74, 6) is -1.19. The van der Waals surface area contributed by atoms with E-state index in [9.17, 15) is 9.59 Å². The smallest absolute Gasteiger partial charge is 0.357 e. The summed E-state index contributed by atoms with van der Waals surface area (Å²) < 4.78 is 9.96. The van der Waals surface area contributed by atoms with Gasteiger partial charge in [-0.3, -0.25) is 0 Å². The Balaban J connectivity index is 2.34. The van der Waals surface area contributed by atoms with Crippen molar-refractivity contribution in [2.45, 2.75) is 20.3 Å². The van der Waals surface area contributed by atoms with Crippen molar-refractivity contribution in [2.75, 3.05) is 13.2 Å². The molecule has 1 aromatic carbocycles. The van der Waals surface area contributed by atoms with E-state index in [-0.39, 0.29) is 24.5 Å². The van der Waals surface area contributed by atoms with E-state index in [1.54, 1.807) is 26.1 Å². The molecule has 0 N–H and O–H groups in total. The molecule has 2 rings (SSSR count). The number of nitrogens with zero attached hydrogens (tertiary/aromatic N) is 1. The molecule has 0 amide bonds. The van der Waals surface area contributed by atoms with Gasteiger partial charge in [0.1, 0.15) is 0 Å². The zero-order chi connectivity index (χ0) is 16.7. The molecule has 0 spiro atoms. The minimum absolute atomic E-state index is 0.0119. The van der Waals surface area contributed by atoms with Crippen molar-refractivity contribution >= 4 is 11.9 Å². The lowest BCUT2D eigenvalue weighted by Gasteiger charge is -2.10. The van der Waals surface area contributed by atoms with Crippen molar-refractivity contribution < 1.29 is 19.1 Å². The van der Waals surface area contributed by atoms with Crippen LogP contribution in [0.25, 0.3) is 0 Å². The first-order chi connectivity index (χ1) is 11.2. The van der Waals surface area contributed by atoms with Crippen LogP contribution < -0.4 is 0 Å². The highest BCUT2D eigenvalue weighted by molar-refractivity contribution is 6.01. The molecule has 0 radical (unpaired) electrons. The lowest BCUT2D eigenvalue weighted by Crippen LogP contribution is -2.16. The normalized spacial score (nSPS) is 10.2. The van der Waals surface area contributed by atoms with E-state index < -0.39 is 11.9 Å². The molecule has 0 fully saturated rings. The Morgan fingerprint density at radius 3 is 2.26 bits per heavy atom. The molecule has 5 heteroatoms. The van der Waals surface area contributed by atoms with Crippen molar-refractivity contribution in [3.8, 4) is 0 Å². The quantitative estimate of drug-likeness (QED) is 0.767. The number of hydrogen-bond donors (Lipinski definition) is 0. The molecule has 0 saturated carbocycles. The maximum absolute atomic E-state index is 12.1. The predicted molar refractivity (Wildman–Crippen MR) is 85.4 cm³/mol. The number of rotatable bonds is 6. The number of carbonyl (C=O) groups excluding carboxylic acids is 2. The Labute approximate surface area is 135 Å². The van der Waals surface area contributed by atoms with Crippen LogP contribution in [0.15, 0.2) is 42.6 Å². The molecule has 0 aliphatic rings. The maximum atomic E-state index is 12.1. The Bertz CT molecular complexity index is 683. The van der Waals surface area contributed by atoms with Gasteiger partial charge in [0.15, 0.2) is 5.69 Å². The summed E-state index contributed by atoms with van der Waals surface area (Å²) in [7, 11) is 0. The zero-order valence-corrected chi connectivity index (χ0v) is 13.2. The summed E-state index contributed by atoms with van der Waals surface area (Å²) in [6, 6.07) is 11.5. The van der Waals surface area contributed by atoms with Gasteiger partial charge in [0.25, 0.3) is 0 Å². The fourth-order valence-corrected chi connectivity index (χ4v) is 2.16. The van der Waals surface area contributed by atoms with Gasteiger partial charge < -0.3 is 9.47 Å². The number of pyridine rings is 1. The standard InChI is InChI=1S/C18H19NO4/c1-3-22-17(20)15-11-14(10-13-8-6-5-7-9-13)12-19-16(15)18(21)23-4-2/h5-9,11-12H,3-4,10H2,1-2H3. The van der Waals surface area contributed by atoms with Crippen molar-refractivity contribution in [2.24, 2.45) is 0 Å². The monoisotopic (exact) mass is 313 g/mol. The third-order valence-corrected chi connectivity index (χ3v) is 3.16. The second-order valence-corrected chi connectivity index (χ2v) is 4.84. The van der Waals surface area contributed by atoms with Crippen LogP contribution in [0, 0.1) is 0 Å². The fourth-order valence-electron chi connectivity index (χ4n) is 2.16. The molecule has 5 nitrogen and oxygen atoms in total. The number of aromatic nitrogens is 1. The molecule has 0 atom stereocenters. The SMILES string of the molecule is CCOC(=O)c1cc(Cc2ccccc2)cnc1C(=O)OCC. The van der Waals surface area contributed by atoms with Gasteiger partial charge in [-0.05, 0) is 37.5 Å². The third-order valence-electron chi connectivity index (χ3n) is 3.16. The van der Waals surface area contributed by atoms with Crippen LogP contribution in [0.2, 0.25) is 0 Å². The molecule has 0 saturated heterocycles. The van der Waals surface area contributed by atoms with Gasteiger partial charge in [-0.2, -0.15) is 0 Å². The molecule has 1 heterocycles. The molecule has 0 aliphatic heterocycles. The van der Waals surface area contributed by atoms with Gasteiger partial charge in [0.05, 0.1) is 18.8 Å². The van der Waals surface area contributed by atoms with E-state index in [1.165, 1.54) is 0 Å². The van der Waals surface area contributed by atoms with Gasteiger partial charge in [-0.25, -0.2) is 14.6 Å². The molecule has 23 heavy (non-hydrogen) atoms. The van der Waals surface area contributed by atoms with Crippen molar-refractivity contribution in [1.82, 2.24) is 4.98 Å². The van der Waals surface area contributed by atoms with E-state index in [0.29, 0.717) is 6.42 Å². The number of benzene rings is 1. The van der Waals surface area contributed by atoms with E-state index in [4.69, 9.17) is 9.47 Å². The molecular weight excluding hydrogens is 294 g/mol. The first-order valence-electron chi connectivity index (χ1n) is 7.52. The average Bonchev–Trinajstić information content (AvgIpc) is 2.56. The highest BCUT2D eigenvalue weighted by Crippen LogP contribution is 2.15. The van der Waals surface area contributed by atoms with Gasteiger partial charge >= 0.3 is 11.9 Å². The zero-order valence-electron chi connectivity index (χ0n) is 13.2. The van der Waals surface area contributed by atoms with Crippen LogP contribution in [0.4, 0.5) is 0 Å². The molecule has 1 aromatic heterocycles. The number of hydrogen-bond acceptors (Lipinski definition) is 5. The van der Waals surface area contributed by atoms with Gasteiger partial charge in [0.2, 0.25) is 0 Å². The van der Waals surface area contributed by atoms with E-state index in [0.717, 1.165) is 11.1 Å². The average molecular weight is 313 g/mol. The summed E-state index contributed by atoms with van der Waals surface area (Å²) in [6.07, 6.45) is 2.20. The summed E-state index contributed by atoms with van der Waals surface area (Å²) >= 11 is 0. The van der Waals surface area contributed by atoms with Crippen LogP contribution in [0.3, 0.4) is 0 Å². The van der Waals surface area contributed by atoms with Crippen molar-refractivity contribution in [1.29, 1.82) is 0 Å². The Kier molecular flexibility index (Phi) is 5.86. The molecule has 0 bridgehead atoms. The van der Waals surface area contributed by atoms with Crippen LogP contribution in [0.5, 0.6) is 0 Å². The molecule has 0 aliphatic carbocycles. The Hall–Kier alpha value is -2.69. The lowest BCUT2D eigenvalue weighted by atomic mass is 10.0. The largest absolute Gasteiger partial charge is 0.462 e. The fraction of sp³-hybridized carbons (Fsp3) is 0.278. The number of esters is 2. The number of carbonyl (C=O) groups is 2. The molecule has 0 unspecified atom stereocenters. The minimum Gasteiger partial charge on any atom is -0.462 e. The highest BCUT2D eigenvalue weighted by atomic mass is 16.5. The van der Waals surface area contributed by atoms with E-state index >= 15 is 0 Å². The van der Waals surface area contributed by atoms with Crippen LogP contribution >= 0.6 is 0 Å². The predicted octanol–water partition coefficient (Wildman–Crippen LogP) is 3.03. The molecule has 120 valence electrons. The van der Waals surface area contributed by atoms with Gasteiger partial charge in [-0.1, -0.05) is 30.3 Å².